The zero-order valence-electron chi connectivity index (χ0n) is 15.0. The van der Waals surface area contributed by atoms with Crippen molar-refractivity contribution < 1.29 is 10.2 Å². The molecule has 0 aliphatic rings. The first kappa shape index (κ1) is 19.4. The van der Waals surface area contributed by atoms with Crippen LogP contribution >= 0.6 is 0 Å². The number of fused-ring (bicyclic) bond motifs is 1. The van der Waals surface area contributed by atoms with Gasteiger partial charge in [-0.25, -0.2) is 9.78 Å². The number of aliphatic hydroxyl groups is 2. The highest BCUT2D eigenvalue weighted by Crippen LogP contribution is 2.10. The molecule has 8 heteroatoms. The van der Waals surface area contributed by atoms with Gasteiger partial charge in [-0.3, -0.25) is 13.9 Å². The second-order valence-electron chi connectivity index (χ2n) is 6.28. The van der Waals surface area contributed by atoms with Gasteiger partial charge < -0.3 is 14.8 Å². The lowest BCUT2D eigenvalue weighted by Crippen LogP contribution is -2.40. The van der Waals surface area contributed by atoms with Crippen molar-refractivity contribution in [1.29, 1.82) is 0 Å². The number of aromatic nitrogens is 4. The minimum Gasteiger partial charge on any atom is -0.394 e. The fraction of sp³-hybridized carbons (Fsp3) is 0.706. The van der Waals surface area contributed by atoms with Crippen molar-refractivity contribution >= 4 is 11.2 Å². The van der Waals surface area contributed by atoms with Crippen LogP contribution < -0.4 is 11.2 Å². The summed E-state index contributed by atoms with van der Waals surface area (Å²) in [7, 11) is 0. The topological polar surface area (TPSA) is 102 Å². The highest BCUT2D eigenvalue weighted by atomic mass is 16.3. The number of hydrogen-bond donors (Lipinski definition) is 2. The van der Waals surface area contributed by atoms with Gasteiger partial charge in [0.15, 0.2) is 11.2 Å². The van der Waals surface area contributed by atoms with Gasteiger partial charge in [0.2, 0.25) is 0 Å². The molecule has 25 heavy (non-hydrogen) atoms. The second-order valence-corrected chi connectivity index (χ2v) is 6.28. The maximum atomic E-state index is 12.7. The summed E-state index contributed by atoms with van der Waals surface area (Å²) >= 11 is 0. The molecule has 1 unspecified atom stereocenters. The Morgan fingerprint density at radius 3 is 2.52 bits per heavy atom. The minimum absolute atomic E-state index is 0.211. The summed E-state index contributed by atoms with van der Waals surface area (Å²) in [6, 6.07) is 0. The number of aryl methyl sites for hydroxylation is 2. The Hall–Kier alpha value is -1.93. The molecule has 0 amide bonds. The molecular formula is C17H28N4O4. The average molecular weight is 352 g/mol. The van der Waals surface area contributed by atoms with E-state index in [0.717, 1.165) is 19.3 Å². The summed E-state index contributed by atoms with van der Waals surface area (Å²) < 4.78 is 4.65. The molecule has 0 fully saturated rings. The van der Waals surface area contributed by atoms with Crippen molar-refractivity contribution in [2.24, 2.45) is 0 Å². The van der Waals surface area contributed by atoms with Crippen LogP contribution in [-0.2, 0) is 19.6 Å². The van der Waals surface area contributed by atoms with E-state index in [9.17, 15) is 14.7 Å². The van der Waals surface area contributed by atoms with Gasteiger partial charge >= 0.3 is 5.69 Å². The van der Waals surface area contributed by atoms with E-state index in [-0.39, 0.29) is 17.9 Å². The van der Waals surface area contributed by atoms with Gasteiger partial charge in [-0.1, -0.05) is 19.8 Å². The molecule has 0 aliphatic heterocycles. The molecule has 0 spiro atoms. The minimum atomic E-state index is -0.658. The Labute approximate surface area is 146 Å². The predicted molar refractivity (Wildman–Crippen MR) is 95.8 cm³/mol. The molecule has 0 saturated heterocycles. The summed E-state index contributed by atoms with van der Waals surface area (Å²) in [4.78, 5) is 29.5. The number of unbranched alkanes of at least 4 members (excludes halogenated alkanes) is 2. The Morgan fingerprint density at radius 2 is 1.88 bits per heavy atom. The Bertz CT molecular complexity index is 805. The van der Waals surface area contributed by atoms with E-state index in [1.165, 1.54) is 4.57 Å². The van der Waals surface area contributed by atoms with Crippen molar-refractivity contribution in [3.05, 3.63) is 27.2 Å². The Kier molecular flexibility index (Phi) is 6.95. The van der Waals surface area contributed by atoms with E-state index in [4.69, 9.17) is 5.11 Å². The van der Waals surface area contributed by atoms with E-state index >= 15 is 0 Å². The van der Waals surface area contributed by atoms with Crippen molar-refractivity contribution in [3.63, 3.8) is 0 Å². The van der Waals surface area contributed by atoms with Crippen LogP contribution in [0.1, 0.15) is 46.0 Å². The van der Waals surface area contributed by atoms with Gasteiger partial charge in [-0.15, -0.1) is 0 Å². The number of rotatable bonds is 10. The first-order chi connectivity index (χ1) is 12.0. The van der Waals surface area contributed by atoms with Crippen LogP contribution in [0.5, 0.6) is 0 Å². The molecule has 2 rings (SSSR count). The average Bonchev–Trinajstić information content (AvgIpc) is 3.02. The monoisotopic (exact) mass is 352 g/mol. The first-order valence-corrected chi connectivity index (χ1v) is 9.02. The first-order valence-electron chi connectivity index (χ1n) is 9.02. The second kappa shape index (κ2) is 8.96. The lowest BCUT2D eigenvalue weighted by atomic mass is 10.1. The van der Waals surface area contributed by atoms with Crippen molar-refractivity contribution in [1.82, 2.24) is 18.7 Å². The molecule has 8 nitrogen and oxygen atoms in total. The highest BCUT2D eigenvalue weighted by molar-refractivity contribution is 5.70. The molecular weight excluding hydrogens is 324 g/mol. The van der Waals surface area contributed by atoms with E-state index in [1.807, 2.05) is 18.4 Å². The van der Waals surface area contributed by atoms with Crippen LogP contribution in [0, 0.1) is 0 Å². The molecule has 0 bridgehead atoms. The van der Waals surface area contributed by atoms with E-state index < -0.39 is 6.10 Å². The van der Waals surface area contributed by atoms with E-state index in [0.29, 0.717) is 43.6 Å². The molecule has 0 aliphatic carbocycles. The molecule has 2 aromatic rings. The van der Waals surface area contributed by atoms with Gasteiger partial charge in [-0.2, -0.15) is 0 Å². The molecule has 0 aromatic carbocycles. The molecule has 0 radical (unpaired) electrons. The molecule has 0 saturated carbocycles. The van der Waals surface area contributed by atoms with Crippen LogP contribution in [0.2, 0.25) is 0 Å². The maximum absolute atomic E-state index is 12.7. The Morgan fingerprint density at radius 1 is 1.12 bits per heavy atom. The Balaban J connectivity index is 2.23. The zero-order chi connectivity index (χ0) is 18.4. The van der Waals surface area contributed by atoms with Crippen LogP contribution in [0.15, 0.2) is 15.9 Å². The number of aliphatic hydroxyl groups excluding tert-OH is 2. The molecule has 1 atom stereocenters. The van der Waals surface area contributed by atoms with Crippen LogP contribution in [0.25, 0.3) is 11.2 Å². The summed E-state index contributed by atoms with van der Waals surface area (Å²) in [6.07, 6.45) is 4.78. The highest BCUT2D eigenvalue weighted by Gasteiger charge is 2.16. The van der Waals surface area contributed by atoms with Crippen molar-refractivity contribution in [2.45, 2.75) is 71.7 Å². The number of hydrogen-bond acceptors (Lipinski definition) is 5. The van der Waals surface area contributed by atoms with E-state index in [2.05, 4.69) is 4.98 Å². The van der Waals surface area contributed by atoms with Crippen molar-refractivity contribution in [3.8, 4) is 0 Å². The zero-order valence-corrected chi connectivity index (χ0v) is 15.0. The van der Waals surface area contributed by atoms with Gasteiger partial charge in [0, 0.05) is 19.6 Å². The van der Waals surface area contributed by atoms with Gasteiger partial charge in [0.05, 0.1) is 19.0 Å². The van der Waals surface area contributed by atoms with Crippen molar-refractivity contribution in [2.75, 3.05) is 6.61 Å². The van der Waals surface area contributed by atoms with Gasteiger partial charge in [0.1, 0.15) is 0 Å². The lowest BCUT2D eigenvalue weighted by Gasteiger charge is -2.11. The summed E-state index contributed by atoms with van der Waals surface area (Å²) in [5.41, 5.74) is 0.343. The third kappa shape index (κ3) is 4.19. The SMILES string of the molecule is CCCn1c(=O)c2c(ncn2CCCCCC(O)CO)n(CC)c1=O. The van der Waals surface area contributed by atoms with E-state index in [1.54, 1.807) is 10.9 Å². The fourth-order valence-electron chi connectivity index (χ4n) is 3.04. The third-order valence-corrected chi connectivity index (χ3v) is 4.39. The summed E-state index contributed by atoms with van der Waals surface area (Å²) in [5.74, 6) is 0. The van der Waals surface area contributed by atoms with Crippen LogP contribution in [0.3, 0.4) is 0 Å². The largest absolute Gasteiger partial charge is 0.394 e. The summed E-state index contributed by atoms with van der Waals surface area (Å²) in [5, 5.41) is 18.1. The molecule has 140 valence electrons. The quantitative estimate of drug-likeness (QED) is 0.613. The molecule has 2 heterocycles. The number of nitrogens with zero attached hydrogens (tertiary/aromatic N) is 4. The van der Waals surface area contributed by atoms with Crippen LogP contribution in [-0.4, -0.2) is 41.6 Å². The van der Waals surface area contributed by atoms with Gasteiger partial charge in [-0.05, 0) is 26.2 Å². The predicted octanol–water partition coefficient (Wildman–Crippen LogP) is 0.703. The standard InChI is InChI=1S/C17H28N4O4/c1-3-9-21-16(24)14-15(20(4-2)17(21)25)18-12-19(14)10-7-5-6-8-13(23)11-22/h12-13,22-23H,3-11H2,1-2H3. The lowest BCUT2D eigenvalue weighted by molar-refractivity contribution is 0.0859. The van der Waals surface area contributed by atoms with Crippen LogP contribution in [0.4, 0.5) is 0 Å². The molecule has 2 aromatic heterocycles. The fourth-order valence-corrected chi connectivity index (χ4v) is 3.04. The summed E-state index contributed by atoms with van der Waals surface area (Å²) in [6.45, 7) is 5.09. The normalized spacial score (nSPS) is 12.8. The maximum Gasteiger partial charge on any atom is 0.332 e. The smallest absolute Gasteiger partial charge is 0.332 e. The third-order valence-electron chi connectivity index (χ3n) is 4.39. The van der Waals surface area contributed by atoms with Gasteiger partial charge in [0.25, 0.3) is 5.56 Å². The number of imidazole rings is 1. The molecule has 2 N–H and O–H groups in total.